The number of nitrogens with zero attached hydrogens (tertiary/aromatic N) is 1. The summed E-state index contributed by atoms with van der Waals surface area (Å²) in [6.07, 6.45) is 0. The molecule has 1 heterocycles. The van der Waals surface area contributed by atoms with E-state index in [4.69, 9.17) is 5.11 Å². The average molecular weight is 133 g/mol. The predicted molar refractivity (Wildman–Crippen MR) is 31.3 cm³/mol. The third kappa shape index (κ3) is 0.952. The number of aliphatic hydroxyl groups is 1. The first kappa shape index (κ1) is 5.91. The maximum absolute atomic E-state index is 10.4. The van der Waals surface area contributed by atoms with Crippen LogP contribution in [0.5, 0.6) is 0 Å². The van der Waals surface area contributed by atoms with Gasteiger partial charge in [0.25, 0.3) is 5.91 Å². The molecule has 0 bridgehead atoms. The lowest BCUT2D eigenvalue weighted by Gasteiger charge is -2.27. The monoisotopic (exact) mass is 133 g/mol. The van der Waals surface area contributed by atoms with Gasteiger partial charge < -0.3 is 5.11 Å². The van der Waals surface area contributed by atoms with Gasteiger partial charge in [-0.05, 0) is 11.9 Å². The smallest absolute Gasteiger partial charge is 0.258 e. The molecular weight excluding hydrogens is 126 g/mol. The lowest BCUT2D eigenvalue weighted by atomic mass is 10.6. The fourth-order valence-electron chi connectivity index (χ4n) is 0.458. The average Bonchev–Trinajstić information content (AvgIpc) is 1.62. The first-order valence-corrected chi connectivity index (χ1v) is 3.33. The molecule has 0 radical (unpaired) electrons. The van der Waals surface area contributed by atoms with Crippen LogP contribution >= 0.6 is 11.9 Å². The Morgan fingerprint density at radius 2 is 2.50 bits per heavy atom. The van der Waals surface area contributed by atoms with Crippen LogP contribution in [-0.4, -0.2) is 34.2 Å². The van der Waals surface area contributed by atoms with Gasteiger partial charge in [0.2, 0.25) is 0 Å². The van der Waals surface area contributed by atoms with Crippen molar-refractivity contribution in [1.82, 2.24) is 4.31 Å². The molecule has 0 atom stereocenters. The SMILES string of the molecule is O=C(CO)N1CCS1. The molecule has 3 nitrogen and oxygen atoms in total. The summed E-state index contributed by atoms with van der Waals surface area (Å²) < 4.78 is 1.56. The zero-order valence-corrected chi connectivity index (χ0v) is 5.15. The van der Waals surface area contributed by atoms with Gasteiger partial charge in [0.1, 0.15) is 6.61 Å². The van der Waals surface area contributed by atoms with E-state index < -0.39 is 0 Å². The number of hydrogen-bond acceptors (Lipinski definition) is 3. The van der Waals surface area contributed by atoms with Crippen molar-refractivity contribution in [3.8, 4) is 0 Å². The number of carbonyl (C=O) groups excluding carboxylic acids is 1. The maximum atomic E-state index is 10.4. The summed E-state index contributed by atoms with van der Waals surface area (Å²) in [6, 6.07) is 0. The van der Waals surface area contributed by atoms with Crippen LogP contribution in [0.4, 0.5) is 0 Å². The number of aliphatic hydroxyl groups excluding tert-OH is 1. The van der Waals surface area contributed by atoms with Crippen molar-refractivity contribution >= 4 is 17.9 Å². The van der Waals surface area contributed by atoms with Gasteiger partial charge in [-0.3, -0.25) is 9.10 Å². The molecule has 1 saturated heterocycles. The predicted octanol–water partition coefficient (Wildman–Crippen LogP) is -0.531. The van der Waals surface area contributed by atoms with Crippen molar-refractivity contribution in [2.75, 3.05) is 18.9 Å². The molecule has 1 aliphatic heterocycles. The molecule has 0 unspecified atom stereocenters. The molecule has 1 amide bonds. The molecule has 0 spiro atoms. The second-order valence-corrected chi connectivity index (χ2v) is 2.59. The molecule has 4 heteroatoms. The first-order chi connectivity index (χ1) is 3.84. The summed E-state index contributed by atoms with van der Waals surface area (Å²) >= 11 is 1.46. The molecule has 1 fully saturated rings. The molecular formula is C4H7NO2S. The minimum absolute atomic E-state index is 0.179. The molecule has 1 rings (SSSR count). The molecule has 8 heavy (non-hydrogen) atoms. The highest BCUT2D eigenvalue weighted by molar-refractivity contribution is 7.98. The second kappa shape index (κ2) is 2.37. The van der Waals surface area contributed by atoms with E-state index in [1.807, 2.05) is 0 Å². The van der Waals surface area contributed by atoms with Gasteiger partial charge in [0.05, 0.1) is 0 Å². The summed E-state index contributed by atoms with van der Waals surface area (Å²) in [5, 5.41) is 8.27. The van der Waals surface area contributed by atoms with Gasteiger partial charge in [0, 0.05) is 12.3 Å². The van der Waals surface area contributed by atoms with E-state index in [9.17, 15) is 4.79 Å². The van der Waals surface area contributed by atoms with Gasteiger partial charge in [0.15, 0.2) is 0 Å². The zero-order chi connectivity index (χ0) is 5.98. The maximum Gasteiger partial charge on any atom is 0.258 e. The van der Waals surface area contributed by atoms with Crippen LogP contribution in [0.2, 0.25) is 0 Å². The van der Waals surface area contributed by atoms with Crippen LogP contribution in [0.15, 0.2) is 0 Å². The molecule has 0 saturated carbocycles. The van der Waals surface area contributed by atoms with Crippen molar-refractivity contribution in [2.24, 2.45) is 0 Å². The van der Waals surface area contributed by atoms with Crippen molar-refractivity contribution in [3.05, 3.63) is 0 Å². The van der Waals surface area contributed by atoms with Crippen molar-refractivity contribution in [3.63, 3.8) is 0 Å². The van der Waals surface area contributed by atoms with Crippen LogP contribution in [0.3, 0.4) is 0 Å². The van der Waals surface area contributed by atoms with Crippen molar-refractivity contribution in [2.45, 2.75) is 0 Å². The molecule has 0 aromatic carbocycles. The Morgan fingerprint density at radius 3 is 2.62 bits per heavy atom. The van der Waals surface area contributed by atoms with Crippen LogP contribution in [-0.2, 0) is 4.79 Å². The lowest BCUT2D eigenvalue weighted by Crippen LogP contribution is -2.36. The highest BCUT2D eigenvalue weighted by atomic mass is 32.2. The standard InChI is InChI=1S/C4H7NO2S/c6-3-4(7)5-1-2-8-5/h6H,1-3H2. The molecule has 0 aromatic heterocycles. The Hall–Kier alpha value is -0.220. The zero-order valence-electron chi connectivity index (χ0n) is 4.33. The third-order valence-electron chi connectivity index (χ3n) is 0.955. The fraction of sp³-hybridized carbons (Fsp3) is 0.750. The van der Waals surface area contributed by atoms with Crippen LogP contribution in [0.25, 0.3) is 0 Å². The Bertz CT molecular complexity index is 102. The van der Waals surface area contributed by atoms with E-state index in [2.05, 4.69) is 0 Å². The summed E-state index contributed by atoms with van der Waals surface area (Å²) in [5.41, 5.74) is 0. The summed E-state index contributed by atoms with van der Waals surface area (Å²) in [6.45, 7) is 0.442. The van der Waals surface area contributed by atoms with E-state index in [0.29, 0.717) is 0 Å². The Kier molecular flexibility index (Phi) is 1.75. The molecule has 0 aromatic rings. The topological polar surface area (TPSA) is 40.5 Å². The van der Waals surface area contributed by atoms with E-state index in [-0.39, 0.29) is 12.5 Å². The summed E-state index contributed by atoms with van der Waals surface area (Å²) in [5.74, 6) is 0.826. The van der Waals surface area contributed by atoms with E-state index in [1.165, 1.54) is 11.9 Å². The Balaban J connectivity index is 2.24. The Labute approximate surface area is 51.8 Å². The van der Waals surface area contributed by atoms with Gasteiger partial charge >= 0.3 is 0 Å². The molecule has 1 aliphatic rings. The molecule has 1 N–H and O–H groups in total. The summed E-state index contributed by atoms with van der Waals surface area (Å²) in [7, 11) is 0. The van der Waals surface area contributed by atoms with Gasteiger partial charge in [-0.15, -0.1) is 0 Å². The lowest BCUT2D eigenvalue weighted by molar-refractivity contribution is -0.129. The minimum Gasteiger partial charge on any atom is -0.386 e. The van der Waals surface area contributed by atoms with Crippen molar-refractivity contribution in [1.29, 1.82) is 0 Å². The first-order valence-electron chi connectivity index (χ1n) is 2.38. The molecule has 0 aliphatic carbocycles. The number of carbonyl (C=O) groups is 1. The Morgan fingerprint density at radius 1 is 1.88 bits per heavy atom. The number of rotatable bonds is 1. The largest absolute Gasteiger partial charge is 0.386 e. The minimum atomic E-state index is -0.354. The number of amides is 1. The van der Waals surface area contributed by atoms with Crippen LogP contribution in [0.1, 0.15) is 0 Å². The number of hydrogen-bond donors (Lipinski definition) is 1. The second-order valence-electron chi connectivity index (χ2n) is 1.49. The highest BCUT2D eigenvalue weighted by Crippen LogP contribution is 2.19. The van der Waals surface area contributed by atoms with Gasteiger partial charge in [-0.2, -0.15) is 0 Å². The van der Waals surface area contributed by atoms with Gasteiger partial charge in [-0.1, -0.05) is 0 Å². The molecule has 46 valence electrons. The van der Waals surface area contributed by atoms with E-state index in [0.717, 1.165) is 12.3 Å². The highest BCUT2D eigenvalue weighted by Gasteiger charge is 2.19. The van der Waals surface area contributed by atoms with E-state index >= 15 is 0 Å². The fourth-order valence-corrected chi connectivity index (χ4v) is 1.03. The third-order valence-corrected chi connectivity index (χ3v) is 2.02. The van der Waals surface area contributed by atoms with Gasteiger partial charge in [-0.25, -0.2) is 0 Å². The van der Waals surface area contributed by atoms with Crippen LogP contribution < -0.4 is 0 Å². The summed E-state index contributed by atoms with van der Waals surface area (Å²) in [4.78, 5) is 10.4. The van der Waals surface area contributed by atoms with E-state index in [1.54, 1.807) is 4.31 Å². The normalized spacial score (nSPS) is 17.9. The van der Waals surface area contributed by atoms with Crippen molar-refractivity contribution < 1.29 is 9.90 Å². The quantitative estimate of drug-likeness (QED) is 0.489. The van der Waals surface area contributed by atoms with Crippen LogP contribution in [0, 0.1) is 0 Å².